The van der Waals surface area contributed by atoms with Crippen molar-refractivity contribution in [1.29, 1.82) is 0 Å². The van der Waals surface area contributed by atoms with Crippen LogP contribution in [0.1, 0.15) is 35.7 Å². The summed E-state index contributed by atoms with van der Waals surface area (Å²) in [7, 11) is 3.19. The van der Waals surface area contributed by atoms with Crippen LogP contribution in [0.2, 0.25) is 0 Å². The van der Waals surface area contributed by atoms with Gasteiger partial charge >= 0.3 is 0 Å². The third-order valence-corrected chi connectivity index (χ3v) is 4.97. The van der Waals surface area contributed by atoms with Gasteiger partial charge < -0.3 is 19.3 Å². The lowest BCUT2D eigenvalue weighted by Crippen LogP contribution is -2.30. The molecular weight excluding hydrogens is 356 g/mol. The van der Waals surface area contributed by atoms with Crippen molar-refractivity contribution in [2.45, 2.75) is 26.3 Å². The van der Waals surface area contributed by atoms with Crippen molar-refractivity contribution in [3.63, 3.8) is 0 Å². The molecule has 0 radical (unpaired) electrons. The maximum absolute atomic E-state index is 13.1. The predicted octanol–water partition coefficient (Wildman–Crippen LogP) is 3.49. The molecule has 1 aliphatic heterocycles. The van der Waals surface area contributed by atoms with E-state index in [2.05, 4.69) is 0 Å². The number of carbonyl (C=O) groups excluding carboxylic acids is 2. The van der Waals surface area contributed by atoms with E-state index >= 15 is 0 Å². The third kappa shape index (κ3) is 4.11. The van der Waals surface area contributed by atoms with Gasteiger partial charge in [0.2, 0.25) is 5.91 Å². The van der Waals surface area contributed by atoms with Crippen LogP contribution in [0.25, 0.3) is 0 Å². The van der Waals surface area contributed by atoms with Crippen LogP contribution in [-0.4, -0.2) is 44.0 Å². The van der Waals surface area contributed by atoms with E-state index in [1.807, 2.05) is 43.3 Å². The van der Waals surface area contributed by atoms with Crippen molar-refractivity contribution in [3.8, 4) is 11.5 Å². The number of methoxy groups -OCH3 is 2. The molecule has 0 aromatic heterocycles. The number of carbonyl (C=O) groups is 2. The van der Waals surface area contributed by atoms with Crippen molar-refractivity contribution in [3.05, 3.63) is 53.6 Å². The molecule has 2 aromatic rings. The van der Waals surface area contributed by atoms with E-state index in [-0.39, 0.29) is 11.8 Å². The molecule has 2 amide bonds. The average molecular weight is 382 g/mol. The Kier molecular flexibility index (Phi) is 6.19. The highest BCUT2D eigenvalue weighted by atomic mass is 16.5. The van der Waals surface area contributed by atoms with Crippen LogP contribution in [0, 0.1) is 0 Å². The molecule has 0 saturated carbocycles. The minimum Gasteiger partial charge on any atom is -0.493 e. The number of hydrogen-bond acceptors (Lipinski definition) is 4. The van der Waals surface area contributed by atoms with Gasteiger partial charge in [0.15, 0.2) is 11.5 Å². The van der Waals surface area contributed by atoms with E-state index in [0.29, 0.717) is 43.1 Å². The second-order valence-electron chi connectivity index (χ2n) is 6.71. The Balaban J connectivity index is 1.79. The molecule has 2 aromatic carbocycles. The molecule has 0 spiro atoms. The SMILES string of the molecule is CCN(Cc1ccc(OC)c(OC)c1)C(=O)c1cccc(N2CCCC2=O)c1. The zero-order valence-corrected chi connectivity index (χ0v) is 16.6. The molecule has 3 rings (SSSR count). The van der Waals surface area contributed by atoms with Gasteiger partial charge in [-0.15, -0.1) is 0 Å². The molecule has 148 valence electrons. The molecule has 0 atom stereocenters. The van der Waals surface area contributed by atoms with Crippen molar-refractivity contribution in [2.24, 2.45) is 0 Å². The first-order valence-electron chi connectivity index (χ1n) is 9.48. The van der Waals surface area contributed by atoms with Crippen LogP contribution in [0.4, 0.5) is 5.69 Å². The van der Waals surface area contributed by atoms with Gasteiger partial charge in [-0.2, -0.15) is 0 Å². The topological polar surface area (TPSA) is 59.1 Å². The van der Waals surface area contributed by atoms with Gasteiger partial charge in [0.05, 0.1) is 14.2 Å². The lowest BCUT2D eigenvalue weighted by atomic mass is 10.1. The number of anilines is 1. The van der Waals surface area contributed by atoms with E-state index < -0.39 is 0 Å². The fraction of sp³-hybridized carbons (Fsp3) is 0.364. The zero-order valence-electron chi connectivity index (χ0n) is 16.6. The zero-order chi connectivity index (χ0) is 20.1. The lowest BCUT2D eigenvalue weighted by Gasteiger charge is -2.23. The van der Waals surface area contributed by atoms with Crippen molar-refractivity contribution in [2.75, 3.05) is 32.2 Å². The summed E-state index contributed by atoms with van der Waals surface area (Å²) >= 11 is 0. The Bertz CT molecular complexity index is 865. The van der Waals surface area contributed by atoms with Gasteiger partial charge in [0, 0.05) is 37.3 Å². The number of rotatable bonds is 7. The summed E-state index contributed by atoms with van der Waals surface area (Å²) in [6.07, 6.45) is 1.43. The molecule has 1 heterocycles. The fourth-order valence-electron chi connectivity index (χ4n) is 3.44. The van der Waals surface area contributed by atoms with Crippen LogP contribution in [0.5, 0.6) is 11.5 Å². The summed E-state index contributed by atoms with van der Waals surface area (Å²) in [5, 5.41) is 0. The van der Waals surface area contributed by atoms with Crippen LogP contribution < -0.4 is 14.4 Å². The van der Waals surface area contributed by atoms with E-state index in [1.165, 1.54) is 0 Å². The minimum atomic E-state index is -0.0641. The molecule has 0 N–H and O–H groups in total. The van der Waals surface area contributed by atoms with Crippen LogP contribution >= 0.6 is 0 Å². The van der Waals surface area contributed by atoms with Gasteiger partial charge in [-0.1, -0.05) is 12.1 Å². The number of hydrogen-bond donors (Lipinski definition) is 0. The molecule has 0 aliphatic carbocycles. The third-order valence-electron chi connectivity index (χ3n) is 4.97. The monoisotopic (exact) mass is 382 g/mol. The Hall–Kier alpha value is -3.02. The summed E-state index contributed by atoms with van der Waals surface area (Å²) in [5.41, 5.74) is 2.33. The second kappa shape index (κ2) is 8.78. The van der Waals surface area contributed by atoms with Crippen LogP contribution in [-0.2, 0) is 11.3 Å². The summed E-state index contributed by atoms with van der Waals surface area (Å²) in [6.45, 7) is 3.69. The summed E-state index contributed by atoms with van der Waals surface area (Å²) in [4.78, 5) is 28.6. The molecule has 1 aliphatic rings. The van der Waals surface area contributed by atoms with E-state index in [1.54, 1.807) is 30.1 Å². The normalized spacial score (nSPS) is 13.5. The molecule has 1 saturated heterocycles. The molecule has 1 fully saturated rings. The number of amides is 2. The molecular formula is C22H26N2O4. The first kappa shape index (κ1) is 19.7. The molecule has 0 bridgehead atoms. The van der Waals surface area contributed by atoms with Crippen molar-refractivity contribution in [1.82, 2.24) is 4.90 Å². The van der Waals surface area contributed by atoms with Crippen molar-refractivity contribution < 1.29 is 19.1 Å². The highest BCUT2D eigenvalue weighted by Crippen LogP contribution is 2.28. The lowest BCUT2D eigenvalue weighted by molar-refractivity contribution is -0.117. The largest absolute Gasteiger partial charge is 0.493 e. The first-order valence-corrected chi connectivity index (χ1v) is 9.48. The maximum atomic E-state index is 13.1. The quantitative estimate of drug-likeness (QED) is 0.735. The van der Waals surface area contributed by atoms with Crippen LogP contribution in [0.15, 0.2) is 42.5 Å². The Morgan fingerprint density at radius 3 is 2.54 bits per heavy atom. The highest BCUT2D eigenvalue weighted by Gasteiger charge is 2.23. The maximum Gasteiger partial charge on any atom is 0.254 e. The Labute approximate surface area is 165 Å². The Morgan fingerprint density at radius 1 is 1.11 bits per heavy atom. The van der Waals surface area contributed by atoms with Crippen molar-refractivity contribution >= 4 is 17.5 Å². The highest BCUT2D eigenvalue weighted by molar-refractivity contribution is 5.99. The van der Waals surface area contributed by atoms with Gasteiger partial charge in [-0.25, -0.2) is 0 Å². The van der Waals surface area contributed by atoms with Gasteiger partial charge in [0.1, 0.15) is 0 Å². The molecule has 0 unspecified atom stereocenters. The molecule has 6 nitrogen and oxygen atoms in total. The summed E-state index contributed by atoms with van der Waals surface area (Å²) in [6, 6.07) is 13.0. The summed E-state index contributed by atoms with van der Waals surface area (Å²) in [5.74, 6) is 1.34. The minimum absolute atomic E-state index is 0.0641. The average Bonchev–Trinajstić information content (AvgIpc) is 3.17. The van der Waals surface area contributed by atoms with E-state index in [4.69, 9.17) is 9.47 Å². The first-order chi connectivity index (χ1) is 13.6. The molecule has 28 heavy (non-hydrogen) atoms. The summed E-state index contributed by atoms with van der Waals surface area (Å²) < 4.78 is 10.6. The van der Waals surface area contributed by atoms with Gasteiger partial charge in [-0.3, -0.25) is 9.59 Å². The Morgan fingerprint density at radius 2 is 1.89 bits per heavy atom. The van der Waals surface area contributed by atoms with Crippen LogP contribution in [0.3, 0.4) is 0 Å². The number of nitrogens with zero attached hydrogens (tertiary/aromatic N) is 2. The molecule has 6 heteroatoms. The van der Waals surface area contributed by atoms with E-state index in [9.17, 15) is 9.59 Å². The number of ether oxygens (including phenoxy) is 2. The smallest absolute Gasteiger partial charge is 0.254 e. The van der Waals surface area contributed by atoms with Gasteiger partial charge in [-0.05, 0) is 49.2 Å². The predicted molar refractivity (Wildman–Crippen MR) is 108 cm³/mol. The second-order valence-corrected chi connectivity index (χ2v) is 6.71. The van der Waals surface area contributed by atoms with Gasteiger partial charge in [0.25, 0.3) is 5.91 Å². The number of benzene rings is 2. The van der Waals surface area contributed by atoms with E-state index in [0.717, 1.165) is 17.7 Å². The fourth-order valence-corrected chi connectivity index (χ4v) is 3.44. The standard InChI is InChI=1S/C22H26N2O4/c1-4-23(15-16-10-11-19(27-2)20(13-16)28-3)22(26)17-7-5-8-18(14-17)24-12-6-9-21(24)25/h5,7-8,10-11,13-14H,4,6,9,12,15H2,1-3H3.